The molecule has 0 saturated heterocycles. The first-order chi connectivity index (χ1) is 21.3. The Morgan fingerprint density at radius 3 is 2.11 bits per heavy atom. The molecule has 3 amide bonds. The highest BCUT2D eigenvalue weighted by Gasteiger charge is 2.18. The first-order valence-electron chi connectivity index (χ1n) is 13.6. The average molecular weight is 612 g/mol. The smallest absolute Gasteiger partial charge is 0.272 e. The Balaban J connectivity index is 1.51. The molecule has 4 aromatic rings. The van der Waals surface area contributed by atoms with Gasteiger partial charge in [0.15, 0.2) is 0 Å². The molecule has 226 valence electrons. The van der Waals surface area contributed by atoms with E-state index in [9.17, 15) is 14.4 Å². The van der Waals surface area contributed by atoms with Crippen molar-refractivity contribution in [3.05, 3.63) is 114 Å². The molecule has 0 radical (unpaired) electrons. The number of hydrogen-bond acceptors (Lipinski definition) is 7. The van der Waals surface area contributed by atoms with Gasteiger partial charge in [-0.25, -0.2) is 0 Å². The molecule has 0 aliphatic rings. The van der Waals surface area contributed by atoms with Crippen molar-refractivity contribution in [2.75, 3.05) is 32.0 Å². The highest BCUT2D eigenvalue weighted by atomic mass is 32.2. The van der Waals surface area contributed by atoms with Crippen LogP contribution in [0.15, 0.2) is 108 Å². The normalized spacial score (nSPS) is 11.6. The Bertz CT molecular complexity index is 1640. The number of benzene rings is 4. The van der Waals surface area contributed by atoms with Gasteiger partial charge in [0, 0.05) is 33.5 Å². The SMILES string of the molecule is COc1ccc(NC(=O)C(C)Sc2cccc(NC(=O)/C(=C\c3ccc(OC)cc3OC)NC(=O)c3ccccc3)c2)cc1. The fourth-order valence-corrected chi connectivity index (χ4v) is 4.98. The monoisotopic (exact) mass is 611 g/mol. The summed E-state index contributed by atoms with van der Waals surface area (Å²) in [6.45, 7) is 1.80. The maximum Gasteiger partial charge on any atom is 0.272 e. The molecule has 0 saturated carbocycles. The Morgan fingerprint density at radius 2 is 1.43 bits per heavy atom. The van der Waals surface area contributed by atoms with Crippen molar-refractivity contribution in [2.24, 2.45) is 0 Å². The molecule has 0 spiro atoms. The maximum atomic E-state index is 13.6. The zero-order valence-electron chi connectivity index (χ0n) is 24.8. The van der Waals surface area contributed by atoms with Gasteiger partial charge in [-0.3, -0.25) is 14.4 Å². The summed E-state index contributed by atoms with van der Waals surface area (Å²) in [5.41, 5.74) is 2.12. The summed E-state index contributed by atoms with van der Waals surface area (Å²) < 4.78 is 15.9. The van der Waals surface area contributed by atoms with E-state index in [-0.39, 0.29) is 11.6 Å². The molecule has 10 heteroatoms. The number of nitrogens with one attached hydrogen (secondary N) is 3. The minimum atomic E-state index is -0.542. The Hall–Kier alpha value is -5.22. The third kappa shape index (κ3) is 8.65. The standard InChI is InChI=1S/C34H33N3O6S/c1-22(32(38)35-25-14-17-27(41-2)18-15-25)44-29-12-8-11-26(20-29)36-34(40)30(37-33(39)23-9-6-5-7-10-23)19-24-13-16-28(42-3)21-31(24)43-4/h5-22H,1-4H3,(H,35,38)(H,36,40)(H,37,39)/b30-19+. The Morgan fingerprint density at radius 1 is 0.727 bits per heavy atom. The topological polar surface area (TPSA) is 115 Å². The summed E-state index contributed by atoms with van der Waals surface area (Å²) in [4.78, 5) is 40.2. The molecular formula is C34H33N3O6S. The lowest BCUT2D eigenvalue weighted by molar-refractivity contribution is -0.115. The molecule has 0 bridgehead atoms. The first kappa shape index (κ1) is 31.7. The average Bonchev–Trinajstić information content (AvgIpc) is 3.05. The summed E-state index contributed by atoms with van der Waals surface area (Å²) in [7, 11) is 4.64. The van der Waals surface area contributed by atoms with Crippen LogP contribution in [0.5, 0.6) is 17.2 Å². The number of carbonyl (C=O) groups excluding carboxylic acids is 3. The second kappa shape index (κ2) is 15.3. The van der Waals surface area contributed by atoms with Gasteiger partial charge in [-0.1, -0.05) is 24.3 Å². The number of amides is 3. The fourth-order valence-electron chi connectivity index (χ4n) is 4.06. The largest absolute Gasteiger partial charge is 0.497 e. The van der Waals surface area contributed by atoms with Crippen LogP contribution in [0, 0.1) is 0 Å². The number of hydrogen-bond donors (Lipinski definition) is 3. The van der Waals surface area contributed by atoms with E-state index in [0.717, 1.165) is 4.90 Å². The maximum absolute atomic E-state index is 13.6. The van der Waals surface area contributed by atoms with Crippen molar-refractivity contribution >= 4 is 46.9 Å². The predicted molar refractivity (Wildman–Crippen MR) is 173 cm³/mol. The van der Waals surface area contributed by atoms with E-state index >= 15 is 0 Å². The van der Waals surface area contributed by atoms with Gasteiger partial charge in [0.25, 0.3) is 11.8 Å². The van der Waals surface area contributed by atoms with Gasteiger partial charge in [-0.15, -0.1) is 11.8 Å². The molecule has 0 heterocycles. The lowest BCUT2D eigenvalue weighted by Crippen LogP contribution is -2.30. The lowest BCUT2D eigenvalue weighted by Gasteiger charge is -2.15. The minimum absolute atomic E-state index is 0.00705. The third-order valence-electron chi connectivity index (χ3n) is 6.40. The van der Waals surface area contributed by atoms with Crippen LogP contribution in [-0.4, -0.2) is 44.3 Å². The molecule has 1 unspecified atom stereocenters. The zero-order chi connectivity index (χ0) is 31.5. The number of anilines is 2. The lowest BCUT2D eigenvalue weighted by atomic mass is 10.1. The van der Waals surface area contributed by atoms with E-state index in [1.807, 2.05) is 6.07 Å². The van der Waals surface area contributed by atoms with E-state index in [2.05, 4.69) is 16.0 Å². The second-order valence-electron chi connectivity index (χ2n) is 9.45. The van der Waals surface area contributed by atoms with Crippen molar-refractivity contribution in [1.29, 1.82) is 0 Å². The quantitative estimate of drug-likeness (QED) is 0.128. The molecule has 0 fully saturated rings. The molecule has 0 aliphatic heterocycles. The number of thioether (sulfide) groups is 1. The first-order valence-corrected chi connectivity index (χ1v) is 14.5. The van der Waals surface area contributed by atoms with E-state index in [0.29, 0.717) is 39.8 Å². The van der Waals surface area contributed by atoms with Crippen molar-refractivity contribution in [3.63, 3.8) is 0 Å². The van der Waals surface area contributed by atoms with E-state index in [1.54, 1.807) is 118 Å². The van der Waals surface area contributed by atoms with E-state index in [1.165, 1.54) is 18.9 Å². The summed E-state index contributed by atoms with van der Waals surface area (Å²) in [5.74, 6) is 0.588. The molecule has 0 aromatic heterocycles. The molecule has 4 rings (SSSR count). The number of carbonyl (C=O) groups is 3. The van der Waals surface area contributed by atoms with Crippen LogP contribution in [0.3, 0.4) is 0 Å². The van der Waals surface area contributed by atoms with Crippen LogP contribution < -0.4 is 30.2 Å². The van der Waals surface area contributed by atoms with Crippen molar-refractivity contribution in [1.82, 2.24) is 5.32 Å². The molecule has 0 aliphatic carbocycles. The minimum Gasteiger partial charge on any atom is -0.497 e. The zero-order valence-corrected chi connectivity index (χ0v) is 25.6. The van der Waals surface area contributed by atoms with Crippen molar-refractivity contribution in [3.8, 4) is 17.2 Å². The van der Waals surface area contributed by atoms with Gasteiger partial charge in [0.2, 0.25) is 5.91 Å². The molecule has 44 heavy (non-hydrogen) atoms. The van der Waals surface area contributed by atoms with E-state index < -0.39 is 17.1 Å². The summed E-state index contributed by atoms with van der Waals surface area (Å²) >= 11 is 1.35. The van der Waals surface area contributed by atoms with Gasteiger partial charge in [-0.05, 0) is 79.7 Å². The van der Waals surface area contributed by atoms with Crippen molar-refractivity contribution < 1.29 is 28.6 Å². The van der Waals surface area contributed by atoms with Crippen LogP contribution in [0.1, 0.15) is 22.8 Å². The summed E-state index contributed by atoms with van der Waals surface area (Å²) in [6.07, 6.45) is 1.54. The number of ether oxygens (including phenoxy) is 3. The van der Waals surface area contributed by atoms with Gasteiger partial charge in [0.05, 0.1) is 26.6 Å². The van der Waals surface area contributed by atoms with Gasteiger partial charge in [0.1, 0.15) is 22.9 Å². The highest BCUT2D eigenvalue weighted by molar-refractivity contribution is 8.00. The number of methoxy groups -OCH3 is 3. The molecule has 1 atom stereocenters. The summed E-state index contributed by atoms with van der Waals surface area (Å²) in [6, 6.07) is 28.0. The van der Waals surface area contributed by atoms with Crippen LogP contribution in [-0.2, 0) is 9.59 Å². The highest BCUT2D eigenvalue weighted by Crippen LogP contribution is 2.29. The van der Waals surface area contributed by atoms with Crippen LogP contribution >= 0.6 is 11.8 Å². The third-order valence-corrected chi connectivity index (χ3v) is 7.49. The Labute approximate surface area is 260 Å². The summed E-state index contributed by atoms with van der Waals surface area (Å²) in [5, 5.41) is 8.06. The van der Waals surface area contributed by atoms with Crippen LogP contribution in [0.4, 0.5) is 11.4 Å². The molecule has 3 N–H and O–H groups in total. The van der Waals surface area contributed by atoms with Gasteiger partial charge in [-0.2, -0.15) is 0 Å². The Kier molecular flexibility index (Phi) is 11.0. The number of rotatable bonds is 12. The molecule has 4 aromatic carbocycles. The van der Waals surface area contributed by atoms with Gasteiger partial charge >= 0.3 is 0 Å². The molecular weight excluding hydrogens is 578 g/mol. The van der Waals surface area contributed by atoms with Crippen LogP contribution in [0.2, 0.25) is 0 Å². The second-order valence-corrected chi connectivity index (χ2v) is 10.9. The fraction of sp³-hybridized carbons (Fsp3) is 0.147. The molecule has 9 nitrogen and oxygen atoms in total. The van der Waals surface area contributed by atoms with Crippen molar-refractivity contribution in [2.45, 2.75) is 17.1 Å². The predicted octanol–water partition coefficient (Wildman–Crippen LogP) is 6.24. The van der Waals surface area contributed by atoms with E-state index in [4.69, 9.17) is 14.2 Å². The van der Waals surface area contributed by atoms with Gasteiger partial charge < -0.3 is 30.2 Å². The van der Waals surface area contributed by atoms with Crippen LogP contribution in [0.25, 0.3) is 6.08 Å².